The van der Waals surface area contributed by atoms with Crippen LogP contribution in [0.15, 0.2) is 24.3 Å². The van der Waals surface area contributed by atoms with E-state index in [1.54, 1.807) is 7.11 Å². The third-order valence-electron chi connectivity index (χ3n) is 4.08. The molecule has 1 saturated heterocycles. The van der Waals surface area contributed by atoms with Gasteiger partial charge in [0.25, 0.3) is 0 Å². The third-order valence-corrected chi connectivity index (χ3v) is 4.32. The summed E-state index contributed by atoms with van der Waals surface area (Å²) >= 11 is 6.16. The summed E-state index contributed by atoms with van der Waals surface area (Å²) in [5.74, 6) is 0. The Hall–Kier alpha value is -0.650. The standard InChI is InChI=1S/C16H24ClNO3/c1-20-16(7-2-3-9-19,15-12-18-8-10-21-15)13-5-4-6-14(17)11-13/h4-6,11,15,18-19H,2-3,7-10,12H2,1H3/t15-,16?/m1/s1. The van der Waals surface area contributed by atoms with E-state index in [1.807, 2.05) is 24.3 Å². The van der Waals surface area contributed by atoms with Gasteiger partial charge in [-0.2, -0.15) is 0 Å². The Morgan fingerprint density at radius 1 is 1.48 bits per heavy atom. The van der Waals surface area contributed by atoms with Crippen molar-refractivity contribution in [2.45, 2.75) is 31.0 Å². The van der Waals surface area contributed by atoms with Crippen molar-refractivity contribution in [3.8, 4) is 0 Å². The van der Waals surface area contributed by atoms with E-state index in [4.69, 9.17) is 26.2 Å². The molecule has 1 aromatic rings. The average molecular weight is 314 g/mol. The molecule has 0 aliphatic carbocycles. The number of morpholine rings is 1. The molecule has 2 atom stereocenters. The summed E-state index contributed by atoms with van der Waals surface area (Å²) < 4.78 is 11.9. The SMILES string of the molecule is COC(CCCCO)(c1cccc(Cl)c1)[C@H]1CNCCO1. The van der Waals surface area contributed by atoms with Crippen molar-refractivity contribution < 1.29 is 14.6 Å². The molecule has 4 nitrogen and oxygen atoms in total. The molecule has 118 valence electrons. The number of methoxy groups -OCH3 is 1. The largest absolute Gasteiger partial charge is 0.396 e. The second-order valence-electron chi connectivity index (χ2n) is 5.35. The van der Waals surface area contributed by atoms with Gasteiger partial charge in [-0.1, -0.05) is 23.7 Å². The van der Waals surface area contributed by atoms with Crippen LogP contribution < -0.4 is 5.32 Å². The molecule has 1 heterocycles. The molecule has 1 aromatic carbocycles. The second kappa shape index (κ2) is 8.11. The quantitative estimate of drug-likeness (QED) is 0.759. The Morgan fingerprint density at radius 2 is 2.33 bits per heavy atom. The zero-order valence-electron chi connectivity index (χ0n) is 12.5. The molecular formula is C16H24ClNO3. The summed E-state index contributed by atoms with van der Waals surface area (Å²) in [6, 6.07) is 7.78. The molecular weight excluding hydrogens is 290 g/mol. The Labute approximate surface area is 131 Å². The Balaban J connectivity index is 2.30. The zero-order chi connectivity index (χ0) is 15.1. The first-order valence-electron chi connectivity index (χ1n) is 7.47. The van der Waals surface area contributed by atoms with Crippen LogP contribution >= 0.6 is 11.6 Å². The van der Waals surface area contributed by atoms with Gasteiger partial charge in [0.05, 0.1) is 6.61 Å². The molecule has 1 aliphatic heterocycles. The number of rotatable bonds is 7. The summed E-state index contributed by atoms with van der Waals surface area (Å²) in [5.41, 5.74) is 0.497. The highest BCUT2D eigenvalue weighted by atomic mass is 35.5. The van der Waals surface area contributed by atoms with Gasteiger partial charge in [-0.05, 0) is 37.0 Å². The number of nitrogens with one attached hydrogen (secondary N) is 1. The lowest BCUT2D eigenvalue weighted by Crippen LogP contribution is -2.52. The van der Waals surface area contributed by atoms with Crippen LogP contribution in [0.3, 0.4) is 0 Å². The van der Waals surface area contributed by atoms with E-state index in [9.17, 15) is 0 Å². The smallest absolute Gasteiger partial charge is 0.120 e. The van der Waals surface area contributed by atoms with Crippen LogP contribution in [0, 0.1) is 0 Å². The van der Waals surface area contributed by atoms with Gasteiger partial charge in [0.2, 0.25) is 0 Å². The number of halogens is 1. The van der Waals surface area contributed by atoms with Crippen molar-refractivity contribution in [1.29, 1.82) is 0 Å². The topological polar surface area (TPSA) is 50.7 Å². The molecule has 1 fully saturated rings. The Morgan fingerprint density at radius 3 is 2.95 bits per heavy atom. The minimum atomic E-state index is -0.534. The summed E-state index contributed by atoms with van der Waals surface area (Å²) in [5, 5.41) is 13.1. The van der Waals surface area contributed by atoms with E-state index in [0.29, 0.717) is 11.6 Å². The molecule has 2 N–H and O–H groups in total. The van der Waals surface area contributed by atoms with Crippen molar-refractivity contribution in [3.05, 3.63) is 34.9 Å². The van der Waals surface area contributed by atoms with Crippen LogP contribution in [-0.4, -0.2) is 44.6 Å². The van der Waals surface area contributed by atoms with Gasteiger partial charge in [-0.3, -0.25) is 0 Å². The molecule has 0 bridgehead atoms. The van der Waals surface area contributed by atoms with Crippen molar-refractivity contribution >= 4 is 11.6 Å². The van der Waals surface area contributed by atoms with Gasteiger partial charge < -0.3 is 19.9 Å². The van der Waals surface area contributed by atoms with E-state index in [-0.39, 0.29) is 12.7 Å². The highest BCUT2D eigenvalue weighted by molar-refractivity contribution is 6.30. The fourth-order valence-corrected chi connectivity index (χ4v) is 3.15. The van der Waals surface area contributed by atoms with Gasteiger partial charge in [-0.15, -0.1) is 0 Å². The molecule has 0 amide bonds. The van der Waals surface area contributed by atoms with Gasteiger partial charge in [0.15, 0.2) is 0 Å². The third kappa shape index (κ3) is 3.96. The lowest BCUT2D eigenvalue weighted by atomic mass is 9.82. The first-order valence-corrected chi connectivity index (χ1v) is 7.85. The first-order chi connectivity index (χ1) is 10.2. The number of unbranched alkanes of at least 4 members (excludes halogenated alkanes) is 1. The van der Waals surface area contributed by atoms with E-state index >= 15 is 0 Å². The number of aliphatic hydroxyl groups is 1. The maximum absolute atomic E-state index is 9.06. The van der Waals surface area contributed by atoms with Crippen LogP contribution in [0.5, 0.6) is 0 Å². The van der Waals surface area contributed by atoms with E-state index < -0.39 is 5.60 Å². The van der Waals surface area contributed by atoms with Crippen LogP contribution in [0.2, 0.25) is 5.02 Å². The average Bonchev–Trinajstić information content (AvgIpc) is 2.53. The van der Waals surface area contributed by atoms with Crippen LogP contribution in [0.25, 0.3) is 0 Å². The maximum Gasteiger partial charge on any atom is 0.120 e. The molecule has 0 radical (unpaired) electrons. The number of hydrogen-bond donors (Lipinski definition) is 2. The van der Waals surface area contributed by atoms with Gasteiger partial charge in [0, 0.05) is 31.8 Å². The molecule has 5 heteroatoms. The van der Waals surface area contributed by atoms with Crippen molar-refractivity contribution in [2.24, 2.45) is 0 Å². The predicted molar refractivity (Wildman–Crippen MR) is 83.7 cm³/mol. The van der Waals surface area contributed by atoms with Gasteiger partial charge >= 0.3 is 0 Å². The van der Waals surface area contributed by atoms with Crippen molar-refractivity contribution in [2.75, 3.05) is 33.4 Å². The summed E-state index contributed by atoms with van der Waals surface area (Å²) in [6.07, 6.45) is 2.35. The number of benzene rings is 1. The van der Waals surface area contributed by atoms with Gasteiger partial charge in [0.1, 0.15) is 11.7 Å². The van der Waals surface area contributed by atoms with Gasteiger partial charge in [-0.25, -0.2) is 0 Å². The Kier molecular flexibility index (Phi) is 6.45. The zero-order valence-corrected chi connectivity index (χ0v) is 13.2. The molecule has 0 aromatic heterocycles. The molecule has 2 rings (SSSR count). The van der Waals surface area contributed by atoms with E-state index in [1.165, 1.54) is 0 Å². The van der Waals surface area contributed by atoms with Crippen LogP contribution in [0.1, 0.15) is 24.8 Å². The molecule has 0 saturated carbocycles. The summed E-state index contributed by atoms with van der Waals surface area (Å²) in [6.45, 7) is 2.48. The number of aliphatic hydroxyl groups excluding tert-OH is 1. The highest BCUT2D eigenvalue weighted by Gasteiger charge is 2.42. The fourth-order valence-electron chi connectivity index (χ4n) is 2.96. The van der Waals surface area contributed by atoms with Crippen LogP contribution in [0.4, 0.5) is 0 Å². The lowest BCUT2D eigenvalue weighted by molar-refractivity contribution is -0.149. The van der Waals surface area contributed by atoms with E-state index in [2.05, 4.69) is 5.32 Å². The summed E-state index contributed by atoms with van der Waals surface area (Å²) in [4.78, 5) is 0. The molecule has 0 spiro atoms. The summed E-state index contributed by atoms with van der Waals surface area (Å²) in [7, 11) is 1.72. The lowest BCUT2D eigenvalue weighted by Gasteiger charge is -2.42. The van der Waals surface area contributed by atoms with Crippen molar-refractivity contribution in [1.82, 2.24) is 5.32 Å². The minimum absolute atomic E-state index is 0.0617. The fraction of sp³-hybridized carbons (Fsp3) is 0.625. The number of hydrogen-bond acceptors (Lipinski definition) is 4. The monoisotopic (exact) mass is 313 g/mol. The normalized spacial score (nSPS) is 22.0. The van der Waals surface area contributed by atoms with Crippen molar-refractivity contribution in [3.63, 3.8) is 0 Å². The first kappa shape index (κ1) is 16.7. The molecule has 21 heavy (non-hydrogen) atoms. The minimum Gasteiger partial charge on any atom is -0.396 e. The maximum atomic E-state index is 9.06. The van der Waals surface area contributed by atoms with E-state index in [0.717, 1.165) is 37.9 Å². The highest BCUT2D eigenvalue weighted by Crippen LogP contribution is 2.37. The predicted octanol–water partition coefficient (Wildman–Crippen LogP) is 2.33. The number of ether oxygens (including phenoxy) is 2. The molecule has 1 aliphatic rings. The Bertz CT molecular complexity index is 437. The van der Waals surface area contributed by atoms with Crippen LogP contribution in [-0.2, 0) is 15.1 Å². The molecule has 1 unspecified atom stereocenters. The second-order valence-corrected chi connectivity index (χ2v) is 5.78.